The van der Waals surface area contributed by atoms with Crippen LogP contribution in [-0.4, -0.2) is 32.8 Å². The predicted molar refractivity (Wildman–Crippen MR) is 61.6 cm³/mol. The van der Waals surface area contributed by atoms with Crippen molar-refractivity contribution >= 4 is 11.9 Å². The first kappa shape index (κ1) is 13.2. The van der Waals surface area contributed by atoms with Crippen LogP contribution in [0.2, 0.25) is 0 Å². The van der Waals surface area contributed by atoms with Gasteiger partial charge in [-0.1, -0.05) is 19.8 Å². The van der Waals surface area contributed by atoms with E-state index in [2.05, 4.69) is 10.4 Å². The molecule has 0 saturated carbocycles. The van der Waals surface area contributed by atoms with Crippen molar-refractivity contribution in [3.63, 3.8) is 0 Å². The minimum Gasteiger partial charge on any atom is -0.480 e. The number of nitrogens with one attached hydrogen (secondary N) is 1. The van der Waals surface area contributed by atoms with E-state index in [9.17, 15) is 9.59 Å². The summed E-state index contributed by atoms with van der Waals surface area (Å²) in [5.74, 6) is -1.46. The molecule has 0 aliphatic rings. The molecule has 0 fully saturated rings. The molecule has 1 heterocycles. The van der Waals surface area contributed by atoms with Gasteiger partial charge in [0.1, 0.15) is 11.7 Å². The summed E-state index contributed by atoms with van der Waals surface area (Å²) >= 11 is 0. The van der Waals surface area contributed by atoms with Crippen molar-refractivity contribution in [3.05, 3.63) is 18.0 Å². The van der Waals surface area contributed by atoms with Gasteiger partial charge in [0.25, 0.3) is 5.91 Å². The third-order valence-corrected chi connectivity index (χ3v) is 2.40. The summed E-state index contributed by atoms with van der Waals surface area (Å²) in [4.78, 5) is 22.6. The number of rotatable bonds is 6. The number of aliphatic carboxylic acids is 1. The van der Waals surface area contributed by atoms with Crippen LogP contribution < -0.4 is 5.32 Å². The molecule has 0 unspecified atom stereocenters. The molecular weight excluding hydrogens is 222 g/mol. The second kappa shape index (κ2) is 6.03. The fourth-order valence-electron chi connectivity index (χ4n) is 1.43. The lowest BCUT2D eigenvalue weighted by molar-refractivity contribution is -0.139. The largest absolute Gasteiger partial charge is 0.480 e. The maximum atomic E-state index is 11.7. The molecule has 0 aliphatic heterocycles. The van der Waals surface area contributed by atoms with Gasteiger partial charge in [0.05, 0.1) is 0 Å². The number of nitrogens with zero attached hydrogens (tertiary/aromatic N) is 2. The first-order valence-corrected chi connectivity index (χ1v) is 5.58. The third kappa shape index (κ3) is 3.90. The van der Waals surface area contributed by atoms with E-state index in [4.69, 9.17) is 5.11 Å². The first-order valence-electron chi connectivity index (χ1n) is 5.58. The topological polar surface area (TPSA) is 84.2 Å². The van der Waals surface area contributed by atoms with Gasteiger partial charge in [-0.3, -0.25) is 9.48 Å². The Hall–Kier alpha value is -1.85. The van der Waals surface area contributed by atoms with Gasteiger partial charge in [-0.2, -0.15) is 5.10 Å². The monoisotopic (exact) mass is 239 g/mol. The number of carbonyl (C=O) groups is 2. The molecule has 6 heteroatoms. The molecule has 1 atom stereocenters. The van der Waals surface area contributed by atoms with Crippen LogP contribution in [0.1, 0.15) is 36.7 Å². The molecule has 0 aromatic carbocycles. The van der Waals surface area contributed by atoms with Crippen LogP contribution in [0.5, 0.6) is 0 Å². The minimum absolute atomic E-state index is 0.232. The molecule has 0 aliphatic carbocycles. The Labute approximate surface area is 99.6 Å². The second-order valence-corrected chi connectivity index (χ2v) is 3.88. The SMILES string of the molecule is CCCC[C@H](NC(=O)c1ccn(C)n1)C(=O)O. The van der Waals surface area contributed by atoms with Crippen LogP contribution in [0.25, 0.3) is 0 Å². The number of aromatic nitrogens is 2. The Morgan fingerprint density at radius 1 is 1.59 bits per heavy atom. The smallest absolute Gasteiger partial charge is 0.326 e. The molecule has 2 N–H and O–H groups in total. The molecular formula is C11H17N3O3. The lowest BCUT2D eigenvalue weighted by Crippen LogP contribution is -2.40. The molecule has 1 aromatic rings. The number of carboxylic acids is 1. The molecule has 0 radical (unpaired) electrons. The number of carbonyl (C=O) groups excluding carboxylic acids is 1. The molecule has 1 amide bonds. The summed E-state index contributed by atoms with van der Waals surface area (Å²) in [6, 6.07) is 0.707. The molecule has 94 valence electrons. The molecule has 1 rings (SSSR count). The highest BCUT2D eigenvalue weighted by Gasteiger charge is 2.20. The zero-order valence-corrected chi connectivity index (χ0v) is 10.0. The van der Waals surface area contributed by atoms with E-state index in [1.165, 1.54) is 4.68 Å². The number of aryl methyl sites for hydroxylation is 1. The Balaban J connectivity index is 2.60. The van der Waals surface area contributed by atoms with E-state index in [1.807, 2.05) is 6.92 Å². The lowest BCUT2D eigenvalue weighted by atomic mass is 10.1. The van der Waals surface area contributed by atoms with Gasteiger partial charge in [0.2, 0.25) is 0 Å². The molecule has 0 saturated heterocycles. The average Bonchev–Trinajstić information content (AvgIpc) is 2.70. The van der Waals surface area contributed by atoms with E-state index in [0.717, 1.165) is 12.8 Å². The average molecular weight is 239 g/mol. The van der Waals surface area contributed by atoms with Crippen molar-refractivity contribution in [2.45, 2.75) is 32.2 Å². The zero-order valence-electron chi connectivity index (χ0n) is 10.0. The van der Waals surface area contributed by atoms with E-state index < -0.39 is 17.9 Å². The molecule has 6 nitrogen and oxygen atoms in total. The Morgan fingerprint density at radius 2 is 2.29 bits per heavy atom. The molecule has 1 aromatic heterocycles. The van der Waals surface area contributed by atoms with Crippen molar-refractivity contribution in [1.29, 1.82) is 0 Å². The fourth-order valence-corrected chi connectivity index (χ4v) is 1.43. The van der Waals surface area contributed by atoms with E-state index >= 15 is 0 Å². The predicted octanol–water partition coefficient (Wildman–Crippen LogP) is 0.793. The van der Waals surface area contributed by atoms with Crippen LogP contribution in [0, 0.1) is 0 Å². The van der Waals surface area contributed by atoms with E-state index in [1.54, 1.807) is 19.3 Å². The molecule has 0 bridgehead atoms. The summed E-state index contributed by atoms with van der Waals surface area (Å²) < 4.78 is 1.50. The molecule has 0 spiro atoms. The highest BCUT2D eigenvalue weighted by molar-refractivity contribution is 5.94. The molecule has 17 heavy (non-hydrogen) atoms. The van der Waals surface area contributed by atoms with Crippen molar-refractivity contribution in [3.8, 4) is 0 Å². The maximum Gasteiger partial charge on any atom is 0.326 e. The van der Waals surface area contributed by atoms with Gasteiger partial charge in [0, 0.05) is 13.2 Å². The Bertz CT molecular complexity index is 400. The summed E-state index contributed by atoms with van der Waals surface area (Å²) in [6.07, 6.45) is 3.73. The van der Waals surface area contributed by atoms with Crippen molar-refractivity contribution in [1.82, 2.24) is 15.1 Å². The van der Waals surface area contributed by atoms with Crippen LogP contribution in [0.4, 0.5) is 0 Å². The van der Waals surface area contributed by atoms with Crippen LogP contribution in [-0.2, 0) is 11.8 Å². The van der Waals surface area contributed by atoms with Gasteiger partial charge < -0.3 is 10.4 Å². The fraction of sp³-hybridized carbons (Fsp3) is 0.545. The van der Waals surface area contributed by atoms with E-state index in [0.29, 0.717) is 6.42 Å². The minimum atomic E-state index is -1.01. The van der Waals surface area contributed by atoms with Crippen LogP contribution in [0.3, 0.4) is 0 Å². The summed E-state index contributed by atoms with van der Waals surface area (Å²) in [5, 5.41) is 15.3. The summed E-state index contributed by atoms with van der Waals surface area (Å²) in [6.45, 7) is 1.97. The van der Waals surface area contributed by atoms with Gasteiger partial charge in [-0.15, -0.1) is 0 Å². The van der Waals surface area contributed by atoms with E-state index in [-0.39, 0.29) is 5.69 Å². The van der Waals surface area contributed by atoms with Crippen molar-refractivity contribution < 1.29 is 14.7 Å². The Morgan fingerprint density at radius 3 is 2.76 bits per heavy atom. The maximum absolute atomic E-state index is 11.7. The highest BCUT2D eigenvalue weighted by atomic mass is 16.4. The Kier molecular flexibility index (Phi) is 4.68. The second-order valence-electron chi connectivity index (χ2n) is 3.88. The van der Waals surface area contributed by atoms with Crippen LogP contribution in [0.15, 0.2) is 12.3 Å². The third-order valence-electron chi connectivity index (χ3n) is 2.40. The lowest BCUT2D eigenvalue weighted by Gasteiger charge is -2.12. The standard InChI is InChI=1S/C11H17N3O3/c1-3-4-5-9(11(16)17)12-10(15)8-6-7-14(2)13-8/h6-7,9H,3-5H2,1-2H3,(H,12,15)(H,16,17)/t9-/m0/s1. The first-order chi connectivity index (χ1) is 8.04. The quantitative estimate of drug-likeness (QED) is 0.768. The van der Waals surface area contributed by atoms with Crippen molar-refractivity contribution in [2.75, 3.05) is 0 Å². The van der Waals surface area contributed by atoms with Crippen LogP contribution >= 0.6 is 0 Å². The van der Waals surface area contributed by atoms with Gasteiger partial charge in [-0.05, 0) is 12.5 Å². The number of amides is 1. The normalized spacial score (nSPS) is 12.1. The number of carboxylic acid groups (broad SMARTS) is 1. The summed E-state index contributed by atoms with van der Waals surface area (Å²) in [5.41, 5.74) is 0.232. The number of hydrogen-bond acceptors (Lipinski definition) is 3. The number of hydrogen-bond donors (Lipinski definition) is 2. The van der Waals surface area contributed by atoms with Crippen molar-refractivity contribution in [2.24, 2.45) is 7.05 Å². The van der Waals surface area contributed by atoms with Gasteiger partial charge in [0.15, 0.2) is 0 Å². The number of unbranched alkanes of at least 4 members (excludes halogenated alkanes) is 1. The van der Waals surface area contributed by atoms with Gasteiger partial charge >= 0.3 is 5.97 Å². The highest BCUT2D eigenvalue weighted by Crippen LogP contribution is 2.03. The zero-order chi connectivity index (χ0) is 12.8. The van der Waals surface area contributed by atoms with Gasteiger partial charge in [-0.25, -0.2) is 4.79 Å². The summed E-state index contributed by atoms with van der Waals surface area (Å²) in [7, 11) is 1.70.